The lowest BCUT2D eigenvalue weighted by Gasteiger charge is -2.23. The molecule has 5 nitrogen and oxygen atoms in total. The van der Waals surface area contributed by atoms with Gasteiger partial charge in [0.25, 0.3) is 5.91 Å². The third kappa shape index (κ3) is 2.49. The van der Waals surface area contributed by atoms with Crippen LogP contribution in [0.4, 0.5) is 10.8 Å². The summed E-state index contributed by atoms with van der Waals surface area (Å²) in [6.45, 7) is 3.88. The summed E-state index contributed by atoms with van der Waals surface area (Å²) in [5.41, 5.74) is 6.39. The number of anilines is 2. The lowest BCUT2D eigenvalue weighted by molar-refractivity contribution is 0.0945. The van der Waals surface area contributed by atoms with Crippen molar-refractivity contribution in [1.82, 2.24) is 9.69 Å². The maximum atomic E-state index is 12.2. The molecule has 110 valence electrons. The molecule has 0 aromatic carbocycles. The summed E-state index contributed by atoms with van der Waals surface area (Å²) in [6, 6.07) is 0.580. The molecule has 3 atom stereocenters. The second kappa shape index (κ2) is 5.24. The molecule has 1 aromatic rings. The first-order chi connectivity index (χ1) is 9.54. The molecule has 20 heavy (non-hydrogen) atoms. The lowest BCUT2D eigenvalue weighted by atomic mass is 9.95. The number of nitrogen functional groups attached to an aromatic ring is 1. The van der Waals surface area contributed by atoms with Crippen molar-refractivity contribution in [2.24, 2.45) is 11.8 Å². The van der Waals surface area contributed by atoms with Crippen molar-refractivity contribution in [2.75, 3.05) is 11.1 Å². The van der Waals surface area contributed by atoms with E-state index in [1.165, 1.54) is 37.2 Å². The van der Waals surface area contributed by atoms with Gasteiger partial charge in [-0.25, -0.2) is 0 Å². The zero-order chi connectivity index (χ0) is 14.3. The minimum Gasteiger partial charge on any atom is -0.382 e. The number of fused-ring (bicyclic) bond motifs is 2. The van der Waals surface area contributed by atoms with Gasteiger partial charge in [0.15, 0.2) is 5.82 Å². The highest BCUT2D eigenvalue weighted by Gasteiger charge is 2.40. The van der Waals surface area contributed by atoms with E-state index >= 15 is 0 Å². The van der Waals surface area contributed by atoms with Crippen LogP contribution in [0.5, 0.6) is 0 Å². The van der Waals surface area contributed by atoms with Gasteiger partial charge in [-0.05, 0) is 56.5 Å². The Balaban J connectivity index is 1.75. The molecule has 2 saturated carbocycles. The van der Waals surface area contributed by atoms with Crippen LogP contribution in [-0.2, 0) is 0 Å². The van der Waals surface area contributed by atoms with E-state index in [-0.39, 0.29) is 11.9 Å². The maximum absolute atomic E-state index is 12.2. The van der Waals surface area contributed by atoms with E-state index < -0.39 is 0 Å². The minimum atomic E-state index is -0.128. The molecule has 0 aliphatic heterocycles. The Morgan fingerprint density at radius 1 is 1.40 bits per heavy atom. The number of hydrogen-bond acceptors (Lipinski definition) is 5. The lowest BCUT2D eigenvalue weighted by Crippen LogP contribution is -2.32. The molecule has 2 bridgehead atoms. The Labute approximate surface area is 123 Å². The molecule has 2 aliphatic carbocycles. The Kier molecular flexibility index (Phi) is 3.58. The van der Waals surface area contributed by atoms with E-state index in [0.717, 1.165) is 16.8 Å². The molecule has 2 aliphatic rings. The second-order valence-electron chi connectivity index (χ2n) is 6.33. The molecule has 0 radical (unpaired) electrons. The monoisotopic (exact) mass is 294 g/mol. The first-order valence-corrected chi connectivity index (χ1v) is 8.14. The van der Waals surface area contributed by atoms with Crippen molar-refractivity contribution < 1.29 is 4.79 Å². The van der Waals surface area contributed by atoms with E-state index in [0.29, 0.717) is 17.4 Å². The Bertz CT molecular complexity index is 513. The molecule has 3 rings (SSSR count). The minimum absolute atomic E-state index is 0.0946. The van der Waals surface area contributed by atoms with Crippen LogP contribution in [0.25, 0.3) is 0 Å². The normalized spacial score (nSPS) is 28.1. The number of carbonyl (C=O) groups is 1. The van der Waals surface area contributed by atoms with Crippen molar-refractivity contribution in [3.8, 4) is 0 Å². The molecule has 4 N–H and O–H groups in total. The number of nitrogens with zero attached hydrogens (tertiary/aromatic N) is 1. The zero-order valence-electron chi connectivity index (χ0n) is 12.0. The fourth-order valence-corrected chi connectivity index (χ4v) is 4.32. The summed E-state index contributed by atoms with van der Waals surface area (Å²) < 4.78 is 4.15. The number of amides is 1. The fraction of sp³-hybridized carbons (Fsp3) is 0.714. The maximum Gasteiger partial charge on any atom is 0.258 e. The van der Waals surface area contributed by atoms with Gasteiger partial charge in [-0.3, -0.25) is 4.79 Å². The summed E-state index contributed by atoms with van der Waals surface area (Å²) in [5, 5.41) is 7.26. The first kappa shape index (κ1) is 13.7. The average Bonchev–Trinajstić information content (AvgIpc) is 3.04. The van der Waals surface area contributed by atoms with Crippen LogP contribution in [0.2, 0.25) is 0 Å². The van der Waals surface area contributed by atoms with Gasteiger partial charge in [-0.15, -0.1) is 0 Å². The van der Waals surface area contributed by atoms with E-state index in [1.807, 2.05) is 13.8 Å². The Morgan fingerprint density at radius 2 is 2.20 bits per heavy atom. The summed E-state index contributed by atoms with van der Waals surface area (Å²) in [4.78, 5) is 12.2. The van der Waals surface area contributed by atoms with Crippen molar-refractivity contribution in [1.29, 1.82) is 0 Å². The summed E-state index contributed by atoms with van der Waals surface area (Å²) in [6.07, 6.45) is 5.23. The highest BCUT2D eigenvalue weighted by atomic mass is 32.1. The van der Waals surface area contributed by atoms with Crippen molar-refractivity contribution in [2.45, 2.75) is 51.6 Å². The van der Waals surface area contributed by atoms with Gasteiger partial charge in [-0.2, -0.15) is 4.37 Å². The van der Waals surface area contributed by atoms with Crippen LogP contribution in [-0.4, -0.2) is 22.4 Å². The molecule has 1 amide bonds. The smallest absolute Gasteiger partial charge is 0.258 e. The number of nitrogens with two attached hydrogens (primary N) is 1. The number of aromatic nitrogens is 1. The molecule has 2 fully saturated rings. The Hall–Kier alpha value is -1.30. The standard InChI is InChI=1S/C14H22N4OS/c1-7(2)16-13(19)11-12(15)18-20-14(11)17-10-6-8-3-4-9(10)5-8/h7-10,17H,3-6H2,1-2H3,(H2,15,18)(H,16,19). The van der Waals surface area contributed by atoms with Gasteiger partial charge in [0.2, 0.25) is 0 Å². The molecule has 3 unspecified atom stereocenters. The molecular formula is C14H22N4OS. The Morgan fingerprint density at radius 3 is 2.80 bits per heavy atom. The molecule has 6 heteroatoms. The van der Waals surface area contributed by atoms with Crippen LogP contribution in [0.15, 0.2) is 0 Å². The van der Waals surface area contributed by atoms with Crippen molar-refractivity contribution in [3.05, 3.63) is 5.56 Å². The average molecular weight is 294 g/mol. The van der Waals surface area contributed by atoms with Crippen LogP contribution in [0.1, 0.15) is 49.9 Å². The second-order valence-corrected chi connectivity index (χ2v) is 7.10. The van der Waals surface area contributed by atoms with Crippen LogP contribution < -0.4 is 16.4 Å². The van der Waals surface area contributed by atoms with Gasteiger partial charge in [0.05, 0.1) is 0 Å². The van der Waals surface area contributed by atoms with E-state index in [2.05, 4.69) is 15.0 Å². The molecule has 1 heterocycles. The van der Waals surface area contributed by atoms with Gasteiger partial charge < -0.3 is 16.4 Å². The summed E-state index contributed by atoms with van der Waals surface area (Å²) in [7, 11) is 0. The molecular weight excluding hydrogens is 272 g/mol. The van der Waals surface area contributed by atoms with Gasteiger partial charge in [-0.1, -0.05) is 6.42 Å². The quantitative estimate of drug-likeness (QED) is 0.797. The fourth-order valence-electron chi connectivity index (χ4n) is 3.54. The van der Waals surface area contributed by atoms with E-state index in [1.54, 1.807) is 0 Å². The molecule has 1 aromatic heterocycles. The molecule has 0 spiro atoms. The zero-order valence-corrected chi connectivity index (χ0v) is 12.8. The SMILES string of the molecule is CC(C)NC(=O)c1c(N)nsc1NC1CC2CCC1C2. The molecule has 0 saturated heterocycles. The number of nitrogens with one attached hydrogen (secondary N) is 2. The number of hydrogen-bond donors (Lipinski definition) is 3. The van der Waals surface area contributed by atoms with E-state index in [9.17, 15) is 4.79 Å². The predicted octanol–water partition coefficient (Wildman–Crippen LogP) is 2.46. The van der Waals surface area contributed by atoms with Crippen LogP contribution >= 0.6 is 11.5 Å². The number of rotatable bonds is 4. The van der Waals surface area contributed by atoms with Crippen molar-refractivity contribution in [3.63, 3.8) is 0 Å². The predicted molar refractivity (Wildman–Crippen MR) is 82.0 cm³/mol. The van der Waals surface area contributed by atoms with Gasteiger partial charge in [0.1, 0.15) is 10.6 Å². The third-order valence-electron chi connectivity index (χ3n) is 4.42. The largest absolute Gasteiger partial charge is 0.382 e. The van der Waals surface area contributed by atoms with Crippen molar-refractivity contribution >= 4 is 28.3 Å². The summed E-state index contributed by atoms with van der Waals surface area (Å²) in [5.74, 6) is 1.83. The topological polar surface area (TPSA) is 80.0 Å². The van der Waals surface area contributed by atoms with Crippen LogP contribution in [0, 0.1) is 11.8 Å². The van der Waals surface area contributed by atoms with E-state index in [4.69, 9.17) is 5.73 Å². The van der Waals surface area contributed by atoms with Gasteiger partial charge in [0, 0.05) is 12.1 Å². The highest BCUT2D eigenvalue weighted by molar-refractivity contribution is 7.11. The van der Waals surface area contributed by atoms with Crippen LogP contribution in [0.3, 0.4) is 0 Å². The first-order valence-electron chi connectivity index (χ1n) is 7.37. The summed E-state index contributed by atoms with van der Waals surface area (Å²) >= 11 is 1.30. The highest BCUT2D eigenvalue weighted by Crippen LogP contribution is 2.46. The third-order valence-corrected chi connectivity index (χ3v) is 5.21. The number of carbonyl (C=O) groups excluding carboxylic acids is 1. The van der Waals surface area contributed by atoms with Gasteiger partial charge >= 0.3 is 0 Å².